The second-order valence-electron chi connectivity index (χ2n) is 6.60. The van der Waals surface area contributed by atoms with Crippen molar-refractivity contribution in [1.29, 1.82) is 0 Å². The smallest absolute Gasteiger partial charge is 0.186 e. The second-order valence-corrected chi connectivity index (χ2v) is 7.66. The number of nitrogens with zero attached hydrogens (tertiary/aromatic N) is 2. The Balaban J connectivity index is 2.04. The average Bonchev–Trinajstić information content (AvgIpc) is 2.81. The molecule has 1 N–H and O–H groups in total. The highest BCUT2D eigenvalue weighted by atomic mass is 32.1. The maximum Gasteiger partial charge on any atom is 0.186 e. The Morgan fingerprint density at radius 1 is 1.42 bits per heavy atom. The first-order valence-electron chi connectivity index (χ1n) is 7.35. The minimum Gasteiger partial charge on any atom is -0.343 e. The molecule has 0 saturated carbocycles. The molecule has 1 aromatic rings. The Hall–Kier alpha value is -0.610. The summed E-state index contributed by atoms with van der Waals surface area (Å²) in [5.41, 5.74) is 1.46. The number of anilines is 1. The van der Waals surface area contributed by atoms with Gasteiger partial charge in [0.15, 0.2) is 5.13 Å². The third-order valence-electron chi connectivity index (χ3n) is 3.85. The highest BCUT2D eigenvalue weighted by Crippen LogP contribution is 2.36. The molecule has 1 fully saturated rings. The van der Waals surface area contributed by atoms with Crippen molar-refractivity contribution in [2.24, 2.45) is 5.92 Å². The molecule has 1 aliphatic heterocycles. The number of aromatic nitrogens is 1. The van der Waals surface area contributed by atoms with Crippen LogP contribution in [0.4, 0.5) is 5.13 Å². The Labute approximate surface area is 121 Å². The molecule has 2 rings (SSSR count). The Bertz CT molecular complexity index is 423. The van der Waals surface area contributed by atoms with E-state index < -0.39 is 0 Å². The number of rotatable bonds is 5. The molecule has 0 radical (unpaired) electrons. The molecule has 4 heteroatoms. The average molecular weight is 281 g/mol. The highest BCUT2D eigenvalue weighted by Gasteiger charge is 2.33. The van der Waals surface area contributed by atoms with Crippen LogP contribution in [-0.4, -0.2) is 23.6 Å². The van der Waals surface area contributed by atoms with Crippen LogP contribution in [0.25, 0.3) is 0 Å². The fraction of sp³-hybridized carbons (Fsp3) is 0.800. The normalized spacial score (nSPS) is 18.5. The van der Waals surface area contributed by atoms with Crippen LogP contribution in [0.15, 0.2) is 0 Å². The molecule has 108 valence electrons. The fourth-order valence-corrected chi connectivity index (χ4v) is 3.85. The van der Waals surface area contributed by atoms with Gasteiger partial charge in [0.05, 0.1) is 5.69 Å². The lowest BCUT2D eigenvalue weighted by Gasteiger charge is -2.31. The van der Waals surface area contributed by atoms with Gasteiger partial charge in [-0.1, -0.05) is 13.8 Å². The number of aryl methyl sites for hydroxylation is 1. The topological polar surface area (TPSA) is 28.2 Å². The lowest BCUT2D eigenvalue weighted by molar-refractivity contribution is 0.517. The quantitative estimate of drug-likeness (QED) is 0.894. The first kappa shape index (κ1) is 14.8. The van der Waals surface area contributed by atoms with Crippen LogP contribution in [0.5, 0.6) is 0 Å². The molecule has 0 atom stereocenters. The van der Waals surface area contributed by atoms with Crippen LogP contribution in [-0.2, 0) is 6.54 Å². The van der Waals surface area contributed by atoms with Gasteiger partial charge < -0.3 is 10.2 Å². The predicted octanol–water partition coefficient (Wildman–Crippen LogP) is 3.58. The summed E-state index contributed by atoms with van der Waals surface area (Å²) in [6, 6.07) is 0. The first-order valence-corrected chi connectivity index (χ1v) is 8.16. The van der Waals surface area contributed by atoms with E-state index in [1.54, 1.807) is 0 Å². The van der Waals surface area contributed by atoms with Crippen molar-refractivity contribution in [3.05, 3.63) is 10.6 Å². The van der Waals surface area contributed by atoms with Gasteiger partial charge in [-0.15, -0.1) is 11.3 Å². The van der Waals surface area contributed by atoms with Gasteiger partial charge in [0.2, 0.25) is 0 Å². The standard InChI is InChI=1S/C15H27N3S/c1-11(2)9-16-10-13-12(3)17-14(19-13)18-8-6-7-15(18,4)5/h11,16H,6-10H2,1-5H3. The number of hydrogen-bond acceptors (Lipinski definition) is 4. The Morgan fingerprint density at radius 3 is 2.74 bits per heavy atom. The predicted molar refractivity (Wildman–Crippen MR) is 84.1 cm³/mol. The van der Waals surface area contributed by atoms with Crippen LogP contribution in [0, 0.1) is 12.8 Å². The van der Waals surface area contributed by atoms with Crippen molar-refractivity contribution >= 4 is 16.5 Å². The summed E-state index contributed by atoms with van der Waals surface area (Å²) in [6.45, 7) is 14.4. The van der Waals surface area contributed by atoms with E-state index in [2.05, 4.69) is 44.8 Å². The Kier molecular flexibility index (Phi) is 4.51. The lowest BCUT2D eigenvalue weighted by atomic mass is 10.0. The molecule has 2 heterocycles. The van der Waals surface area contributed by atoms with Crippen molar-refractivity contribution in [3.8, 4) is 0 Å². The van der Waals surface area contributed by atoms with Crippen molar-refractivity contribution in [1.82, 2.24) is 10.3 Å². The van der Waals surface area contributed by atoms with Crippen LogP contribution in [0.3, 0.4) is 0 Å². The molecule has 0 spiro atoms. The van der Waals surface area contributed by atoms with Crippen molar-refractivity contribution in [2.75, 3.05) is 18.0 Å². The number of thiazole rings is 1. The molecule has 0 aliphatic carbocycles. The maximum atomic E-state index is 4.79. The van der Waals surface area contributed by atoms with E-state index in [1.165, 1.54) is 28.5 Å². The van der Waals surface area contributed by atoms with Crippen molar-refractivity contribution in [2.45, 2.75) is 59.5 Å². The zero-order valence-corrected chi connectivity index (χ0v) is 13.7. The van der Waals surface area contributed by atoms with E-state index in [9.17, 15) is 0 Å². The molecule has 3 nitrogen and oxygen atoms in total. The van der Waals surface area contributed by atoms with E-state index in [0.29, 0.717) is 5.92 Å². The van der Waals surface area contributed by atoms with Gasteiger partial charge >= 0.3 is 0 Å². The van der Waals surface area contributed by atoms with Crippen molar-refractivity contribution in [3.63, 3.8) is 0 Å². The van der Waals surface area contributed by atoms with E-state index in [-0.39, 0.29) is 5.54 Å². The summed E-state index contributed by atoms with van der Waals surface area (Å²) in [5, 5.41) is 4.73. The fourth-order valence-electron chi connectivity index (χ4n) is 2.63. The summed E-state index contributed by atoms with van der Waals surface area (Å²) in [7, 11) is 0. The lowest BCUT2D eigenvalue weighted by Crippen LogP contribution is -2.38. The highest BCUT2D eigenvalue weighted by molar-refractivity contribution is 7.15. The molecular formula is C15H27N3S. The molecule has 0 unspecified atom stereocenters. The molecule has 19 heavy (non-hydrogen) atoms. The maximum absolute atomic E-state index is 4.79. The number of hydrogen-bond donors (Lipinski definition) is 1. The molecule has 0 aromatic carbocycles. The zero-order chi connectivity index (χ0) is 14.0. The molecular weight excluding hydrogens is 254 g/mol. The van der Waals surface area contributed by atoms with Gasteiger partial charge in [0.25, 0.3) is 0 Å². The van der Waals surface area contributed by atoms with Gasteiger partial charge in [-0.2, -0.15) is 0 Å². The van der Waals surface area contributed by atoms with Gasteiger partial charge in [-0.05, 0) is 46.1 Å². The van der Waals surface area contributed by atoms with Crippen LogP contribution < -0.4 is 10.2 Å². The largest absolute Gasteiger partial charge is 0.343 e. The van der Waals surface area contributed by atoms with E-state index in [1.807, 2.05) is 11.3 Å². The van der Waals surface area contributed by atoms with Gasteiger partial charge in [-0.3, -0.25) is 0 Å². The van der Waals surface area contributed by atoms with Gasteiger partial charge in [0, 0.05) is 23.5 Å². The molecule has 1 saturated heterocycles. The summed E-state index contributed by atoms with van der Waals surface area (Å²) in [4.78, 5) is 8.66. The molecule has 1 aromatic heterocycles. The third kappa shape index (κ3) is 3.48. The second kappa shape index (κ2) is 5.80. The SMILES string of the molecule is Cc1nc(N2CCCC2(C)C)sc1CNCC(C)C. The minimum absolute atomic E-state index is 0.271. The molecule has 0 bridgehead atoms. The zero-order valence-electron chi connectivity index (χ0n) is 12.9. The monoisotopic (exact) mass is 281 g/mol. The van der Waals surface area contributed by atoms with Gasteiger partial charge in [0.1, 0.15) is 0 Å². The van der Waals surface area contributed by atoms with Crippen LogP contribution in [0.2, 0.25) is 0 Å². The summed E-state index contributed by atoms with van der Waals surface area (Å²) in [6.07, 6.45) is 2.55. The van der Waals surface area contributed by atoms with E-state index in [4.69, 9.17) is 4.98 Å². The number of nitrogens with one attached hydrogen (secondary N) is 1. The summed E-state index contributed by atoms with van der Waals surface area (Å²) >= 11 is 1.86. The van der Waals surface area contributed by atoms with Crippen LogP contribution in [0.1, 0.15) is 51.1 Å². The minimum atomic E-state index is 0.271. The third-order valence-corrected chi connectivity index (χ3v) is 5.03. The molecule has 1 aliphatic rings. The van der Waals surface area contributed by atoms with E-state index in [0.717, 1.165) is 19.6 Å². The van der Waals surface area contributed by atoms with Crippen molar-refractivity contribution < 1.29 is 0 Å². The summed E-state index contributed by atoms with van der Waals surface area (Å²) in [5.74, 6) is 0.699. The van der Waals surface area contributed by atoms with Gasteiger partial charge in [-0.25, -0.2) is 4.98 Å². The summed E-state index contributed by atoms with van der Waals surface area (Å²) < 4.78 is 0. The first-order chi connectivity index (χ1) is 8.90. The Morgan fingerprint density at radius 2 is 2.16 bits per heavy atom. The van der Waals surface area contributed by atoms with E-state index >= 15 is 0 Å². The molecule has 0 amide bonds. The van der Waals surface area contributed by atoms with Crippen LogP contribution >= 0.6 is 11.3 Å².